The molecule has 0 saturated carbocycles. The van der Waals surface area contributed by atoms with Gasteiger partial charge in [0.05, 0.1) is 0 Å². The number of rotatable bonds is 5. The maximum atomic E-state index is 13.1. The van der Waals surface area contributed by atoms with Crippen LogP contribution < -0.4 is 10.1 Å². The quantitative estimate of drug-likeness (QED) is 0.561. The van der Waals surface area contributed by atoms with Gasteiger partial charge in [-0.3, -0.25) is 9.59 Å². The first-order valence-corrected chi connectivity index (χ1v) is 10.7. The van der Waals surface area contributed by atoms with E-state index in [1.54, 1.807) is 29.2 Å². The highest BCUT2D eigenvalue weighted by Gasteiger charge is 2.30. The van der Waals surface area contributed by atoms with Crippen molar-refractivity contribution in [3.63, 3.8) is 0 Å². The Bertz CT molecular complexity index is 1150. The summed E-state index contributed by atoms with van der Waals surface area (Å²) < 4.78 is 19.1. The summed E-state index contributed by atoms with van der Waals surface area (Å²) >= 11 is 6.31. The molecule has 0 bridgehead atoms. The molecule has 1 heterocycles. The second-order valence-electron chi connectivity index (χ2n) is 7.58. The number of anilines is 1. The molecule has 32 heavy (non-hydrogen) atoms. The first-order valence-electron chi connectivity index (χ1n) is 10.3. The molecule has 1 aliphatic rings. The Kier molecular flexibility index (Phi) is 6.42. The van der Waals surface area contributed by atoms with Crippen molar-refractivity contribution < 1.29 is 18.7 Å². The zero-order valence-corrected chi connectivity index (χ0v) is 18.2. The third-order valence-electron chi connectivity index (χ3n) is 5.33. The fraction of sp³-hybridized carbons (Fsp3) is 0.200. The van der Waals surface area contributed by atoms with Gasteiger partial charge in [0, 0.05) is 34.9 Å². The lowest BCUT2D eigenvalue weighted by Crippen LogP contribution is -2.38. The Balaban J connectivity index is 1.59. The molecule has 5 nitrogen and oxygen atoms in total. The number of amides is 2. The Labute approximate surface area is 190 Å². The predicted molar refractivity (Wildman–Crippen MR) is 121 cm³/mol. The molecule has 1 N–H and O–H groups in total. The number of ether oxygens (including phenoxy) is 1. The number of hydrogen-bond donors (Lipinski definition) is 1. The van der Waals surface area contributed by atoms with Crippen LogP contribution in [-0.4, -0.2) is 22.8 Å². The van der Waals surface area contributed by atoms with E-state index in [0.717, 1.165) is 11.1 Å². The van der Waals surface area contributed by atoms with E-state index in [1.807, 2.05) is 25.1 Å². The Morgan fingerprint density at radius 3 is 2.62 bits per heavy atom. The van der Waals surface area contributed by atoms with Crippen LogP contribution in [0.4, 0.5) is 10.1 Å². The molecule has 0 fully saturated rings. The molecule has 0 spiro atoms. The highest BCUT2D eigenvalue weighted by Crippen LogP contribution is 2.31. The summed E-state index contributed by atoms with van der Waals surface area (Å²) in [5.41, 5.74) is 2.53. The average Bonchev–Trinajstić information content (AvgIpc) is 2.92. The molecule has 0 saturated heterocycles. The normalized spacial score (nSPS) is 15.5. The minimum absolute atomic E-state index is 0.111. The zero-order valence-electron chi connectivity index (χ0n) is 17.5. The van der Waals surface area contributed by atoms with Crippen molar-refractivity contribution in [3.8, 4) is 5.75 Å². The van der Waals surface area contributed by atoms with Crippen molar-refractivity contribution >= 4 is 29.1 Å². The van der Waals surface area contributed by atoms with E-state index in [2.05, 4.69) is 5.32 Å². The SMILES string of the molecule is CC[C@H]1Oc2ccc(NC(=O)c3ccc(F)cc3)cc2CN(Cc2ccccc2Cl)C1=O. The van der Waals surface area contributed by atoms with Crippen LogP contribution in [-0.2, 0) is 17.9 Å². The van der Waals surface area contributed by atoms with Gasteiger partial charge in [0.25, 0.3) is 11.8 Å². The maximum absolute atomic E-state index is 13.1. The number of fused-ring (bicyclic) bond motifs is 1. The van der Waals surface area contributed by atoms with Crippen LogP contribution in [0.2, 0.25) is 5.02 Å². The molecule has 0 aromatic heterocycles. The lowest BCUT2D eigenvalue weighted by Gasteiger charge is -2.23. The van der Waals surface area contributed by atoms with E-state index in [4.69, 9.17) is 16.3 Å². The summed E-state index contributed by atoms with van der Waals surface area (Å²) in [4.78, 5) is 27.3. The van der Waals surface area contributed by atoms with Gasteiger partial charge in [0.2, 0.25) is 0 Å². The first-order chi connectivity index (χ1) is 15.4. The van der Waals surface area contributed by atoms with Gasteiger partial charge >= 0.3 is 0 Å². The van der Waals surface area contributed by atoms with Crippen LogP contribution in [0.3, 0.4) is 0 Å². The molecular weight excluding hydrogens is 431 g/mol. The van der Waals surface area contributed by atoms with Gasteiger partial charge in [-0.15, -0.1) is 0 Å². The highest BCUT2D eigenvalue weighted by atomic mass is 35.5. The molecule has 2 amide bonds. The van der Waals surface area contributed by atoms with Crippen molar-refractivity contribution in [1.82, 2.24) is 4.90 Å². The predicted octanol–water partition coefficient (Wildman–Crippen LogP) is 5.43. The topological polar surface area (TPSA) is 58.6 Å². The maximum Gasteiger partial charge on any atom is 0.264 e. The van der Waals surface area contributed by atoms with Gasteiger partial charge in [-0.2, -0.15) is 0 Å². The number of halogens is 2. The zero-order chi connectivity index (χ0) is 22.7. The van der Waals surface area contributed by atoms with E-state index in [9.17, 15) is 14.0 Å². The smallest absolute Gasteiger partial charge is 0.264 e. The average molecular weight is 453 g/mol. The second kappa shape index (κ2) is 9.40. The fourth-order valence-corrected chi connectivity index (χ4v) is 3.81. The van der Waals surface area contributed by atoms with Gasteiger partial charge in [-0.1, -0.05) is 36.7 Å². The van der Waals surface area contributed by atoms with Gasteiger partial charge < -0.3 is 15.0 Å². The van der Waals surface area contributed by atoms with Crippen LogP contribution in [0.25, 0.3) is 0 Å². The summed E-state index contributed by atoms with van der Waals surface area (Å²) in [6.45, 7) is 2.57. The summed E-state index contributed by atoms with van der Waals surface area (Å²) in [6.07, 6.45) is -0.0706. The molecule has 1 aliphatic heterocycles. The number of nitrogens with zero attached hydrogens (tertiary/aromatic N) is 1. The third kappa shape index (κ3) is 4.75. The molecule has 164 valence electrons. The summed E-state index contributed by atoms with van der Waals surface area (Å²) in [5.74, 6) is -0.264. The second-order valence-corrected chi connectivity index (χ2v) is 7.99. The van der Waals surface area contributed by atoms with E-state index >= 15 is 0 Å². The molecule has 1 atom stereocenters. The minimum Gasteiger partial charge on any atom is -0.480 e. The molecule has 0 aliphatic carbocycles. The Morgan fingerprint density at radius 1 is 1.16 bits per heavy atom. The van der Waals surface area contributed by atoms with Crippen molar-refractivity contribution in [2.24, 2.45) is 0 Å². The number of nitrogens with one attached hydrogen (secondary N) is 1. The monoisotopic (exact) mass is 452 g/mol. The molecule has 7 heteroatoms. The molecule has 4 rings (SSSR count). The number of carbonyl (C=O) groups excluding carboxylic acids is 2. The number of benzene rings is 3. The van der Waals surface area contributed by atoms with Crippen LogP contribution in [0.5, 0.6) is 5.75 Å². The van der Waals surface area contributed by atoms with Crippen LogP contribution >= 0.6 is 11.6 Å². The molecule has 3 aromatic carbocycles. The van der Waals surface area contributed by atoms with Crippen molar-refractivity contribution in [2.75, 3.05) is 5.32 Å². The molecule has 0 unspecified atom stereocenters. The van der Waals surface area contributed by atoms with Crippen LogP contribution in [0, 0.1) is 5.82 Å². The highest BCUT2D eigenvalue weighted by molar-refractivity contribution is 6.31. The number of hydrogen-bond acceptors (Lipinski definition) is 3. The van der Waals surface area contributed by atoms with Crippen molar-refractivity contribution in [3.05, 3.63) is 94.3 Å². The first kappa shape index (κ1) is 21.8. The largest absolute Gasteiger partial charge is 0.480 e. The van der Waals surface area contributed by atoms with Gasteiger partial charge in [0.15, 0.2) is 6.10 Å². The third-order valence-corrected chi connectivity index (χ3v) is 5.70. The van der Waals surface area contributed by atoms with Crippen LogP contribution in [0.15, 0.2) is 66.7 Å². The van der Waals surface area contributed by atoms with E-state index in [0.29, 0.717) is 41.5 Å². The van der Waals surface area contributed by atoms with Gasteiger partial charge in [-0.05, 0) is 60.5 Å². The molecule has 3 aromatic rings. The Hall–Kier alpha value is -3.38. The lowest BCUT2D eigenvalue weighted by molar-refractivity contribution is -0.139. The summed E-state index contributed by atoms with van der Waals surface area (Å²) in [6, 6.07) is 18.0. The number of carbonyl (C=O) groups is 2. The van der Waals surface area contributed by atoms with Gasteiger partial charge in [0.1, 0.15) is 11.6 Å². The van der Waals surface area contributed by atoms with Crippen molar-refractivity contribution in [2.45, 2.75) is 32.5 Å². The Morgan fingerprint density at radius 2 is 1.91 bits per heavy atom. The summed E-state index contributed by atoms with van der Waals surface area (Å²) in [5, 5.41) is 3.41. The minimum atomic E-state index is -0.599. The standard InChI is InChI=1S/C25H22ClFN2O3/c1-2-22-25(31)29(14-17-5-3-4-6-21(17)26)15-18-13-20(11-12-23(18)32-22)28-24(30)16-7-9-19(27)10-8-16/h3-13,22H,2,14-15H2,1H3,(H,28,30)/t22-/m1/s1. The molecule has 0 radical (unpaired) electrons. The fourth-order valence-electron chi connectivity index (χ4n) is 3.62. The van der Waals surface area contributed by atoms with E-state index < -0.39 is 11.9 Å². The molecular formula is C25H22ClFN2O3. The van der Waals surface area contributed by atoms with E-state index in [-0.39, 0.29) is 11.8 Å². The summed E-state index contributed by atoms with van der Waals surface area (Å²) in [7, 11) is 0. The van der Waals surface area contributed by atoms with E-state index in [1.165, 1.54) is 24.3 Å². The van der Waals surface area contributed by atoms with Gasteiger partial charge in [-0.25, -0.2) is 4.39 Å². The van der Waals surface area contributed by atoms with Crippen molar-refractivity contribution in [1.29, 1.82) is 0 Å². The van der Waals surface area contributed by atoms with Crippen LogP contribution in [0.1, 0.15) is 34.8 Å². The lowest BCUT2D eigenvalue weighted by atomic mass is 10.1.